The van der Waals surface area contributed by atoms with Crippen LogP contribution in [-0.4, -0.2) is 32.7 Å². The summed E-state index contributed by atoms with van der Waals surface area (Å²) >= 11 is -1.81. The standard InChI is InChI=1S/C5H10N2O4S/c6-3(4(8)9)1-2-12(11)5(7)10/h3H,1-2,6H2,(H2,7,10)(H,8,9)/t3-,12?/m0/s1. The van der Waals surface area contributed by atoms with E-state index < -0.39 is 28.4 Å². The van der Waals surface area contributed by atoms with E-state index in [1.54, 1.807) is 0 Å². The molecule has 0 fully saturated rings. The number of nitrogens with two attached hydrogens (primary N) is 2. The van der Waals surface area contributed by atoms with Gasteiger partial charge in [-0.15, -0.1) is 0 Å². The molecule has 12 heavy (non-hydrogen) atoms. The molecular weight excluding hydrogens is 184 g/mol. The van der Waals surface area contributed by atoms with Crippen molar-refractivity contribution in [3.05, 3.63) is 0 Å². The van der Waals surface area contributed by atoms with Gasteiger partial charge in [-0.25, -0.2) is 4.79 Å². The van der Waals surface area contributed by atoms with Crippen molar-refractivity contribution >= 4 is 22.4 Å². The van der Waals surface area contributed by atoms with Gasteiger partial charge in [-0.3, -0.25) is 4.79 Å². The van der Waals surface area contributed by atoms with Crippen molar-refractivity contribution in [2.24, 2.45) is 11.5 Å². The minimum atomic E-state index is -1.81. The highest BCUT2D eigenvalue weighted by Crippen LogP contribution is 1.96. The molecule has 0 aliphatic heterocycles. The van der Waals surface area contributed by atoms with Gasteiger partial charge in [0.1, 0.15) is 11.8 Å². The monoisotopic (exact) mass is 194 g/mol. The zero-order valence-electron chi connectivity index (χ0n) is 6.23. The van der Waals surface area contributed by atoms with Crippen LogP contribution in [0.1, 0.15) is 6.42 Å². The Labute approximate surface area is 72.1 Å². The fourth-order valence-corrected chi connectivity index (χ4v) is 1.13. The van der Waals surface area contributed by atoms with Crippen LogP contribution < -0.4 is 11.5 Å². The van der Waals surface area contributed by atoms with Crippen LogP contribution >= 0.6 is 0 Å². The Morgan fingerprint density at radius 3 is 2.42 bits per heavy atom. The number of carboxylic acid groups (broad SMARTS) is 1. The fourth-order valence-electron chi connectivity index (χ4n) is 0.458. The third-order valence-corrected chi connectivity index (χ3v) is 2.21. The molecule has 6 nitrogen and oxygen atoms in total. The summed E-state index contributed by atoms with van der Waals surface area (Å²) in [5.41, 5.74) is 9.75. The molecule has 1 amide bonds. The summed E-state index contributed by atoms with van der Waals surface area (Å²) in [5, 5.41) is 7.34. The molecule has 0 aromatic carbocycles. The first-order chi connectivity index (χ1) is 5.45. The molecule has 0 saturated heterocycles. The molecule has 0 bridgehead atoms. The maximum Gasteiger partial charge on any atom is 0.424 e. The number of rotatable bonds is 4. The summed E-state index contributed by atoms with van der Waals surface area (Å²) in [4.78, 5) is 20.4. The number of carbonyl (C=O) groups is 2. The zero-order valence-corrected chi connectivity index (χ0v) is 7.04. The van der Waals surface area contributed by atoms with E-state index in [1.807, 2.05) is 0 Å². The molecule has 0 radical (unpaired) electrons. The number of hydrogen-bond donors (Lipinski definition) is 3. The molecular formula is C5H10N2O4S. The Morgan fingerprint density at radius 2 is 2.08 bits per heavy atom. The quantitative estimate of drug-likeness (QED) is 0.474. The molecule has 0 rings (SSSR count). The fraction of sp³-hybridized carbons (Fsp3) is 0.600. The Kier molecular flexibility index (Phi) is 4.64. The topological polar surface area (TPSA) is 129 Å². The highest BCUT2D eigenvalue weighted by molar-refractivity contribution is 8.05. The SMILES string of the molecule is NC(=O)[S+]([O-])CC[C@H](N)C(=O)O. The minimum absolute atomic E-state index is 0.0229. The molecule has 70 valence electrons. The summed E-state index contributed by atoms with van der Waals surface area (Å²) in [5.74, 6) is -1.29. The van der Waals surface area contributed by atoms with Gasteiger partial charge in [-0.1, -0.05) is 0 Å². The van der Waals surface area contributed by atoms with Gasteiger partial charge < -0.3 is 21.1 Å². The number of aliphatic carboxylic acids is 1. The Morgan fingerprint density at radius 1 is 1.58 bits per heavy atom. The zero-order chi connectivity index (χ0) is 9.72. The maximum atomic E-state index is 10.7. The van der Waals surface area contributed by atoms with Gasteiger partial charge in [-0.05, 0) is 0 Å². The van der Waals surface area contributed by atoms with E-state index in [4.69, 9.17) is 10.8 Å². The number of carboxylic acids is 1. The van der Waals surface area contributed by atoms with Crippen molar-refractivity contribution in [1.82, 2.24) is 0 Å². The maximum absolute atomic E-state index is 10.7. The summed E-state index contributed by atoms with van der Waals surface area (Å²) in [6, 6.07) is -1.09. The van der Waals surface area contributed by atoms with E-state index in [1.165, 1.54) is 0 Å². The lowest BCUT2D eigenvalue weighted by atomic mass is 10.2. The second-order valence-corrected chi connectivity index (χ2v) is 3.60. The molecule has 0 aromatic heterocycles. The molecule has 5 N–H and O–H groups in total. The molecule has 0 aromatic rings. The lowest BCUT2D eigenvalue weighted by molar-refractivity contribution is -0.138. The van der Waals surface area contributed by atoms with E-state index in [0.29, 0.717) is 0 Å². The third kappa shape index (κ3) is 4.16. The number of primary amides is 1. The first-order valence-corrected chi connectivity index (χ1v) is 4.43. The number of hydrogen-bond acceptors (Lipinski definition) is 4. The molecule has 0 aliphatic carbocycles. The summed E-state index contributed by atoms with van der Waals surface area (Å²) < 4.78 is 10.7. The Balaban J connectivity index is 3.68. The van der Waals surface area contributed by atoms with E-state index in [0.717, 1.165) is 0 Å². The van der Waals surface area contributed by atoms with Gasteiger partial charge in [0.15, 0.2) is 0 Å². The van der Waals surface area contributed by atoms with E-state index >= 15 is 0 Å². The predicted molar refractivity (Wildman–Crippen MR) is 42.8 cm³/mol. The van der Waals surface area contributed by atoms with Crippen molar-refractivity contribution in [3.63, 3.8) is 0 Å². The minimum Gasteiger partial charge on any atom is -0.608 e. The number of amides is 1. The van der Waals surface area contributed by atoms with Crippen LogP contribution in [0.5, 0.6) is 0 Å². The van der Waals surface area contributed by atoms with Crippen LogP contribution in [0.4, 0.5) is 4.79 Å². The molecule has 1 unspecified atom stereocenters. The summed E-state index contributed by atoms with van der Waals surface area (Å²) in [6.45, 7) is 0. The molecule has 7 heteroatoms. The van der Waals surface area contributed by atoms with E-state index in [9.17, 15) is 14.1 Å². The molecule has 0 aliphatic rings. The van der Waals surface area contributed by atoms with Crippen molar-refractivity contribution < 1.29 is 19.2 Å². The number of carbonyl (C=O) groups excluding carboxylic acids is 1. The predicted octanol–water partition coefficient (Wildman–Crippen LogP) is -1.38. The second-order valence-electron chi connectivity index (χ2n) is 2.10. The van der Waals surface area contributed by atoms with Gasteiger partial charge in [-0.2, -0.15) is 0 Å². The summed E-state index contributed by atoms with van der Waals surface area (Å²) in [6.07, 6.45) is -0.0229. The first kappa shape index (κ1) is 11.2. The molecule has 0 heterocycles. The molecule has 2 atom stereocenters. The Bertz CT molecular complexity index is 166. The van der Waals surface area contributed by atoms with Crippen molar-refractivity contribution in [2.45, 2.75) is 12.5 Å². The summed E-state index contributed by atoms with van der Waals surface area (Å²) in [7, 11) is 0. The van der Waals surface area contributed by atoms with Crippen LogP contribution in [-0.2, 0) is 16.0 Å². The average molecular weight is 194 g/mol. The molecule has 0 spiro atoms. The molecule has 0 saturated carbocycles. The van der Waals surface area contributed by atoms with Gasteiger partial charge in [0.05, 0.1) is 0 Å². The van der Waals surface area contributed by atoms with Crippen molar-refractivity contribution in [1.29, 1.82) is 0 Å². The lowest BCUT2D eigenvalue weighted by Crippen LogP contribution is -2.34. The third-order valence-electron chi connectivity index (χ3n) is 1.16. The van der Waals surface area contributed by atoms with Crippen LogP contribution in [0.25, 0.3) is 0 Å². The van der Waals surface area contributed by atoms with Crippen molar-refractivity contribution in [3.8, 4) is 0 Å². The van der Waals surface area contributed by atoms with Gasteiger partial charge in [0, 0.05) is 17.6 Å². The van der Waals surface area contributed by atoms with Crippen LogP contribution in [0.2, 0.25) is 0 Å². The largest absolute Gasteiger partial charge is 0.608 e. The smallest absolute Gasteiger partial charge is 0.424 e. The highest BCUT2D eigenvalue weighted by atomic mass is 32.2. The van der Waals surface area contributed by atoms with Crippen LogP contribution in [0.3, 0.4) is 0 Å². The van der Waals surface area contributed by atoms with Gasteiger partial charge in [0.2, 0.25) is 0 Å². The first-order valence-electron chi connectivity index (χ1n) is 3.11. The van der Waals surface area contributed by atoms with Crippen molar-refractivity contribution in [2.75, 3.05) is 5.75 Å². The average Bonchev–Trinajstić information content (AvgIpc) is 1.98. The van der Waals surface area contributed by atoms with Gasteiger partial charge in [0.25, 0.3) is 0 Å². The normalized spacial score (nSPS) is 15.2. The van der Waals surface area contributed by atoms with Gasteiger partial charge >= 0.3 is 11.2 Å². The lowest BCUT2D eigenvalue weighted by Gasteiger charge is -2.07. The van der Waals surface area contributed by atoms with Crippen LogP contribution in [0.15, 0.2) is 0 Å². The second kappa shape index (κ2) is 4.96. The highest BCUT2D eigenvalue weighted by Gasteiger charge is 2.19. The van der Waals surface area contributed by atoms with E-state index in [2.05, 4.69) is 5.73 Å². The Hall–Kier alpha value is -0.790. The van der Waals surface area contributed by atoms with Crippen LogP contribution in [0, 0.1) is 0 Å². The van der Waals surface area contributed by atoms with E-state index in [-0.39, 0.29) is 12.2 Å².